The van der Waals surface area contributed by atoms with Crippen molar-refractivity contribution in [3.05, 3.63) is 58.6 Å². The Morgan fingerprint density at radius 3 is 2.12 bits per heavy atom. The van der Waals surface area contributed by atoms with Crippen LogP contribution in [0.25, 0.3) is 11.0 Å². The number of aromatic nitrogens is 2. The van der Waals surface area contributed by atoms with Gasteiger partial charge < -0.3 is 13.9 Å². The van der Waals surface area contributed by atoms with Gasteiger partial charge in [-0.1, -0.05) is 47.8 Å². The van der Waals surface area contributed by atoms with Gasteiger partial charge in [-0.2, -0.15) is 0 Å². The monoisotopic (exact) mass is 415 g/mol. The number of nitrogens with zero attached hydrogens (tertiary/aromatic N) is 2. The van der Waals surface area contributed by atoms with Gasteiger partial charge in [-0.15, -0.1) is 0 Å². The Labute approximate surface area is 163 Å². The zero-order chi connectivity index (χ0) is 18.4. The van der Waals surface area contributed by atoms with Gasteiger partial charge in [0.25, 0.3) is 0 Å². The lowest BCUT2D eigenvalue weighted by molar-refractivity contribution is 0.301. The van der Waals surface area contributed by atoms with E-state index < -0.39 is 0 Å². The first-order valence-corrected chi connectivity index (χ1v) is 10.1. The summed E-state index contributed by atoms with van der Waals surface area (Å²) in [6.45, 7) is 4.55. The summed E-state index contributed by atoms with van der Waals surface area (Å²) in [6.07, 6.45) is 4.39. The summed E-state index contributed by atoms with van der Waals surface area (Å²) in [5.74, 6) is 0.881. The van der Waals surface area contributed by atoms with Crippen LogP contribution in [-0.4, -0.2) is 15.7 Å². The van der Waals surface area contributed by atoms with Crippen LogP contribution in [-0.2, 0) is 13.1 Å². The van der Waals surface area contributed by atoms with Crippen molar-refractivity contribution >= 4 is 27.0 Å². The maximum atomic E-state index is 8.61. The van der Waals surface area contributed by atoms with Crippen LogP contribution in [0.2, 0.25) is 0 Å². The molecule has 4 nitrogen and oxygen atoms in total. The van der Waals surface area contributed by atoms with Crippen LogP contribution in [0, 0.1) is 5.41 Å². The third kappa shape index (κ3) is 4.39. The lowest BCUT2D eigenvalue weighted by Crippen LogP contribution is -2.25. The molecule has 1 N–H and O–H groups in total. The van der Waals surface area contributed by atoms with E-state index in [0.29, 0.717) is 12.2 Å². The molecule has 0 aliphatic carbocycles. The predicted octanol–water partition coefficient (Wildman–Crippen LogP) is 5.34. The molecule has 3 rings (SSSR count). The van der Waals surface area contributed by atoms with Gasteiger partial charge in [0.2, 0.25) is 5.62 Å². The fourth-order valence-corrected chi connectivity index (χ4v) is 3.48. The molecule has 0 bridgehead atoms. The molecule has 5 heteroatoms. The fraction of sp³-hybridized carbons (Fsp3) is 0.381. The fourth-order valence-electron chi connectivity index (χ4n) is 3.21. The number of fused-ring (bicyclic) bond motifs is 1. The zero-order valence-electron chi connectivity index (χ0n) is 15.2. The number of ether oxygens (including phenoxy) is 1. The summed E-state index contributed by atoms with van der Waals surface area (Å²) in [7, 11) is 0. The zero-order valence-corrected chi connectivity index (χ0v) is 16.8. The third-order valence-electron chi connectivity index (χ3n) is 4.57. The standard InChI is InChI=1S/C21H26BrN3O/c1-2-3-6-14-24-19-8-4-5-9-20(19)25(21(24)23)15-7-16-26-18-12-10-17(22)11-13-18/h4-5,8-13,23H,2-3,6-7,14-16H2,1H3. The molecule has 0 aliphatic heterocycles. The molecule has 0 atom stereocenters. The van der Waals surface area contributed by atoms with Gasteiger partial charge in [-0.25, -0.2) is 0 Å². The summed E-state index contributed by atoms with van der Waals surface area (Å²) < 4.78 is 11.1. The summed E-state index contributed by atoms with van der Waals surface area (Å²) in [6, 6.07) is 16.2. The summed E-state index contributed by atoms with van der Waals surface area (Å²) in [4.78, 5) is 0. The maximum Gasteiger partial charge on any atom is 0.202 e. The Hall–Kier alpha value is -2.01. The number of nitrogens with one attached hydrogen (secondary N) is 1. The molecule has 1 heterocycles. The van der Waals surface area contributed by atoms with Gasteiger partial charge in [0.1, 0.15) is 5.75 Å². The lowest BCUT2D eigenvalue weighted by Gasteiger charge is -2.08. The molecular formula is C21H26BrN3O. The van der Waals surface area contributed by atoms with Crippen LogP contribution in [0.15, 0.2) is 53.0 Å². The second kappa shape index (κ2) is 9.08. The van der Waals surface area contributed by atoms with E-state index in [2.05, 4.69) is 50.2 Å². The molecule has 0 spiro atoms. The van der Waals surface area contributed by atoms with Gasteiger partial charge >= 0.3 is 0 Å². The second-order valence-corrected chi connectivity index (χ2v) is 7.39. The first-order valence-electron chi connectivity index (χ1n) is 9.31. The van der Waals surface area contributed by atoms with Crippen LogP contribution in [0.5, 0.6) is 5.75 Å². The number of para-hydroxylation sites is 2. The number of unbranched alkanes of at least 4 members (excludes halogenated alkanes) is 2. The van der Waals surface area contributed by atoms with Crippen molar-refractivity contribution in [3.63, 3.8) is 0 Å². The number of rotatable bonds is 9. The molecule has 26 heavy (non-hydrogen) atoms. The van der Waals surface area contributed by atoms with Crippen LogP contribution in [0.3, 0.4) is 0 Å². The molecule has 0 saturated heterocycles. The van der Waals surface area contributed by atoms with Crippen molar-refractivity contribution in [2.24, 2.45) is 0 Å². The van der Waals surface area contributed by atoms with Crippen molar-refractivity contribution in [2.45, 2.75) is 45.7 Å². The van der Waals surface area contributed by atoms with Gasteiger partial charge in [0, 0.05) is 17.6 Å². The lowest BCUT2D eigenvalue weighted by atomic mass is 10.2. The predicted molar refractivity (Wildman–Crippen MR) is 110 cm³/mol. The number of hydrogen-bond donors (Lipinski definition) is 1. The molecule has 0 fully saturated rings. The van der Waals surface area contributed by atoms with E-state index in [1.165, 1.54) is 12.8 Å². The Morgan fingerprint density at radius 1 is 0.885 bits per heavy atom. The number of aryl methyl sites for hydroxylation is 2. The molecule has 3 aromatic rings. The van der Waals surface area contributed by atoms with Crippen LogP contribution >= 0.6 is 15.9 Å². The normalized spacial score (nSPS) is 11.2. The molecule has 138 valence electrons. The topological polar surface area (TPSA) is 42.9 Å². The molecule has 0 unspecified atom stereocenters. The Balaban J connectivity index is 1.68. The number of imidazole rings is 1. The Kier molecular flexibility index (Phi) is 6.56. The minimum Gasteiger partial charge on any atom is -0.494 e. The average molecular weight is 416 g/mol. The van der Waals surface area contributed by atoms with Crippen LogP contribution < -0.4 is 10.4 Å². The quantitative estimate of drug-likeness (QED) is 0.470. The minimum atomic E-state index is 0.589. The van der Waals surface area contributed by atoms with Gasteiger partial charge in [0.05, 0.1) is 17.6 Å². The Morgan fingerprint density at radius 2 is 1.50 bits per heavy atom. The third-order valence-corrected chi connectivity index (χ3v) is 5.10. The van der Waals surface area contributed by atoms with E-state index in [1.54, 1.807) is 0 Å². The van der Waals surface area contributed by atoms with Crippen molar-refractivity contribution in [1.29, 1.82) is 5.41 Å². The van der Waals surface area contributed by atoms with Gasteiger partial charge in [0.15, 0.2) is 0 Å². The van der Waals surface area contributed by atoms with Crippen molar-refractivity contribution in [1.82, 2.24) is 9.13 Å². The number of halogens is 1. The first kappa shape index (κ1) is 18.8. The molecule has 2 aromatic carbocycles. The van der Waals surface area contributed by atoms with Crippen molar-refractivity contribution in [2.75, 3.05) is 6.61 Å². The highest BCUT2D eigenvalue weighted by Gasteiger charge is 2.10. The number of benzene rings is 2. The van der Waals surface area contributed by atoms with E-state index in [9.17, 15) is 0 Å². The minimum absolute atomic E-state index is 0.589. The molecule has 1 aromatic heterocycles. The van der Waals surface area contributed by atoms with E-state index >= 15 is 0 Å². The van der Waals surface area contributed by atoms with E-state index in [-0.39, 0.29) is 0 Å². The molecule has 0 saturated carbocycles. The highest BCUT2D eigenvalue weighted by atomic mass is 79.9. The largest absolute Gasteiger partial charge is 0.494 e. The second-order valence-electron chi connectivity index (χ2n) is 6.48. The molecule has 0 radical (unpaired) electrons. The molecule has 0 aliphatic rings. The van der Waals surface area contributed by atoms with Crippen LogP contribution in [0.4, 0.5) is 0 Å². The summed E-state index contributed by atoms with van der Waals surface area (Å²) in [5, 5.41) is 8.61. The summed E-state index contributed by atoms with van der Waals surface area (Å²) >= 11 is 3.43. The van der Waals surface area contributed by atoms with Gasteiger partial charge in [-0.3, -0.25) is 5.41 Å². The molecule has 0 amide bonds. The highest BCUT2D eigenvalue weighted by Crippen LogP contribution is 2.17. The van der Waals surface area contributed by atoms with Crippen molar-refractivity contribution < 1.29 is 4.74 Å². The van der Waals surface area contributed by atoms with E-state index in [1.807, 2.05) is 30.3 Å². The SMILES string of the molecule is CCCCCn1c(=N)n(CCCOc2ccc(Br)cc2)c2ccccc21. The average Bonchev–Trinajstić information content (AvgIpc) is 2.92. The summed E-state index contributed by atoms with van der Waals surface area (Å²) in [5.41, 5.74) is 2.88. The van der Waals surface area contributed by atoms with Crippen LogP contribution in [0.1, 0.15) is 32.6 Å². The van der Waals surface area contributed by atoms with Gasteiger partial charge in [-0.05, 0) is 49.2 Å². The highest BCUT2D eigenvalue weighted by molar-refractivity contribution is 9.10. The van der Waals surface area contributed by atoms with Crippen molar-refractivity contribution in [3.8, 4) is 5.75 Å². The Bertz CT molecular complexity index is 896. The molecular weight excluding hydrogens is 390 g/mol. The number of hydrogen-bond acceptors (Lipinski definition) is 2. The van der Waals surface area contributed by atoms with E-state index in [4.69, 9.17) is 10.1 Å². The van der Waals surface area contributed by atoms with E-state index in [0.717, 1.165) is 47.2 Å². The maximum absolute atomic E-state index is 8.61. The first-order chi connectivity index (χ1) is 12.7. The smallest absolute Gasteiger partial charge is 0.202 e.